The molecule has 1 aliphatic carbocycles. The largest absolute Gasteiger partial charge is 0.289 e. The van der Waals surface area contributed by atoms with E-state index in [1.165, 1.54) is 24.3 Å². The van der Waals surface area contributed by atoms with E-state index in [4.69, 9.17) is 5.26 Å². The van der Waals surface area contributed by atoms with Crippen LogP contribution in [0.1, 0.15) is 37.4 Å². The minimum absolute atomic E-state index is 0.0703. The van der Waals surface area contributed by atoms with E-state index in [0.29, 0.717) is 5.69 Å². The average Bonchev–Trinajstić information content (AvgIpc) is 2.73. The normalized spacial score (nSPS) is 12.7. The van der Waals surface area contributed by atoms with Gasteiger partial charge < -0.3 is 0 Å². The Hall–Kier alpha value is -3.76. The van der Waals surface area contributed by atoms with Gasteiger partial charge in [0.2, 0.25) is 0 Å². The first-order valence-corrected chi connectivity index (χ1v) is 10.2. The van der Waals surface area contributed by atoms with Crippen molar-refractivity contribution in [1.29, 1.82) is 5.26 Å². The Kier molecular flexibility index (Phi) is 4.49. The first-order chi connectivity index (χ1) is 13.9. The van der Waals surface area contributed by atoms with E-state index in [1.807, 2.05) is 6.07 Å². The molecule has 0 heterocycles. The molecular weight excluding hydrogens is 388 g/mol. The number of fused-ring (bicyclic) bond motifs is 2. The Morgan fingerprint density at radius 1 is 0.793 bits per heavy atom. The quantitative estimate of drug-likeness (QED) is 0.564. The van der Waals surface area contributed by atoms with Gasteiger partial charge in [-0.1, -0.05) is 48.5 Å². The van der Waals surface area contributed by atoms with Crippen LogP contribution in [0.5, 0.6) is 0 Å². The van der Waals surface area contributed by atoms with Gasteiger partial charge in [0.1, 0.15) is 0 Å². The molecule has 6 nitrogen and oxygen atoms in total. The third kappa shape index (κ3) is 3.20. The number of carbonyl (C=O) groups excluding carboxylic acids is 2. The van der Waals surface area contributed by atoms with Crippen molar-refractivity contribution < 1.29 is 18.0 Å². The maximum atomic E-state index is 13.0. The lowest BCUT2D eigenvalue weighted by Gasteiger charge is -2.20. The summed E-state index contributed by atoms with van der Waals surface area (Å²) in [6.07, 6.45) is 0.218. The second-order valence-corrected chi connectivity index (χ2v) is 8.17. The van der Waals surface area contributed by atoms with Crippen molar-refractivity contribution in [3.05, 3.63) is 94.5 Å². The molecule has 0 amide bonds. The van der Waals surface area contributed by atoms with Crippen LogP contribution in [-0.4, -0.2) is 20.0 Å². The number of sulfonamides is 1. The lowest BCUT2D eigenvalue weighted by molar-refractivity contribution is 0.0976. The molecule has 0 saturated carbocycles. The van der Waals surface area contributed by atoms with Gasteiger partial charge in [-0.2, -0.15) is 5.26 Å². The first-order valence-electron chi connectivity index (χ1n) is 8.72. The number of benzene rings is 3. The number of nitriles is 1. The number of nitrogens with zero attached hydrogens (tertiary/aromatic N) is 1. The summed E-state index contributed by atoms with van der Waals surface area (Å²) in [4.78, 5) is 25.6. The zero-order valence-corrected chi connectivity index (χ0v) is 15.9. The predicted molar refractivity (Wildman–Crippen MR) is 106 cm³/mol. The fraction of sp³-hybridized carbons (Fsp3) is 0.0455. The number of ketones is 2. The van der Waals surface area contributed by atoms with Crippen LogP contribution in [0.4, 0.5) is 5.69 Å². The second kappa shape index (κ2) is 7.00. The van der Waals surface area contributed by atoms with E-state index >= 15 is 0 Å². The summed E-state index contributed by atoms with van der Waals surface area (Å²) in [6, 6.07) is 19.0. The summed E-state index contributed by atoms with van der Waals surface area (Å²) >= 11 is 0. The summed E-state index contributed by atoms with van der Waals surface area (Å²) in [5.74, 6) is -0.881. The van der Waals surface area contributed by atoms with Gasteiger partial charge in [0.05, 0.1) is 22.9 Å². The highest BCUT2D eigenvalue weighted by atomic mass is 32.2. The first kappa shape index (κ1) is 18.6. The Balaban J connectivity index is 1.77. The van der Waals surface area contributed by atoms with E-state index in [0.717, 1.165) is 5.56 Å². The minimum atomic E-state index is -4.13. The third-order valence-corrected chi connectivity index (χ3v) is 6.12. The molecule has 0 radical (unpaired) electrons. The molecule has 1 aliphatic rings. The highest BCUT2D eigenvalue weighted by Crippen LogP contribution is 2.32. The Morgan fingerprint density at radius 3 is 2.07 bits per heavy atom. The molecule has 142 valence electrons. The zero-order chi connectivity index (χ0) is 20.6. The Morgan fingerprint density at radius 2 is 1.41 bits per heavy atom. The van der Waals surface area contributed by atoms with Crippen molar-refractivity contribution in [3.8, 4) is 6.07 Å². The van der Waals surface area contributed by atoms with Crippen LogP contribution < -0.4 is 4.72 Å². The molecule has 0 saturated heterocycles. The fourth-order valence-corrected chi connectivity index (χ4v) is 4.61. The molecule has 7 heteroatoms. The van der Waals surface area contributed by atoms with Gasteiger partial charge in [0, 0.05) is 22.4 Å². The molecule has 1 N–H and O–H groups in total. The van der Waals surface area contributed by atoms with Gasteiger partial charge in [-0.25, -0.2) is 8.42 Å². The predicted octanol–water partition coefficient (Wildman–Crippen LogP) is 3.33. The van der Waals surface area contributed by atoms with Crippen LogP contribution in [-0.2, 0) is 16.4 Å². The Bertz CT molecular complexity index is 1300. The molecule has 3 aromatic rings. The number of carbonyl (C=O) groups is 2. The van der Waals surface area contributed by atoms with Gasteiger partial charge in [-0.05, 0) is 23.8 Å². The van der Waals surface area contributed by atoms with Crippen LogP contribution in [0.3, 0.4) is 0 Å². The molecule has 4 rings (SSSR count). The summed E-state index contributed by atoms with van der Waals surface area (Å²) < 4.78 is 28.5. The number of nitrogens with one attached hydrogen (secondary N) is 1. The van der Waals surface area contributed by atoms with E-state index in [2.05, 4.69) is 4.72 Å². The molecule has 0 spiro atoms. The second-order valence-electron chi connectivity index (χ2n) is 6.52. The zero-order valence-electron chi connectivity index (χ0n) is 15.0. The standard InChI is InChI=1S/C22H14N2O4S/c23-13-12-14-8-10-15(11-9-14)24-29(27,28)19-7-3-6-18-20(19)22(26)17-5-2-1-4-16(17)21(18)25/h1-11,24H,12H2. The maximum absolute atomic E-state index is 13.0. The van der Waals surface area contributed by atoms with E-state index in [1.54, 1.807) is 42.5 Å². The van der Waals surface area contributed by atoms with Gasteiger partial charge in [-0.3, -0.25) is 14.3 Å². The summed E-state index contributed by atoms with van der Waals surface area (Å²) in [6.45, 7) is 0. The molecule has 3 aromatic carbocycles. The van der Waals surface area contributed by atoms with Crippen molar-refractivity contribution in [1.82, 2.24) is 0 Å². The average molecular weight is 402 g/mol. The maximum Gasteiger partial charge on any atom is 0.262 e. The van der Waals surface area contributed by atoms with Crippen LogP contribution >= 0.6 is 0 Å². The monoisotopic (exact) mass is 402 g/mol. The topological polar surface area (TPSA) is 104 Å². The molecular formula is C22H14N2O4S. The van der Waals surface area contributed by atoms with Gasteiger partial charge in [0.15, 0.2) is 11.6 Å². The SMILES string of the molecule is N#CCc1ccc(NS(=O)(=O)c2cccc3c2C(=O)c2ccccc2C3=O)cc1. The third-order valence-electron chi connectivity index (χ3n) is 4.69. The van der Waals surface area contributed by atoms with E-state index in [-0.39, 0.29) is 39.4 Å². The van der Waals surface area contributed by atoms with Crippen LogP contribution in [0.2, 0.25) is 0 Å². The van der Waals surface area contributed by atoms with Gasteiger partial charge >= 0.3 is 0 Å². The molecule has 29 heavy (non-hydrogen) atoms. The Labute approximate surface area is 167 Å². The van der Waals surface area contributed by atoms with Crippen molar-refractivity contribution in [3.63, 3.8) is 0 Å². The van der Waals surface area contributed by atoms with Crippen molar-refractivity contribution >= 4 is 27.3 Å². The summed E-state index contributed by atoms with van der Waals surface area (Å²) in [5.41, 5.74) is 1.45. The van der Waals surface area contributed by atoms with Crippen molar-refractivity contribution in [2.24, 2.45) is 0 Å². The van der Waals surface area contributed by atoms with Crippen molar-refractivity contribution in [2.45, 2.75) is 11.3 Å². The van der Waals surface area contributed by atoms with Gasteiger partial charge in [-0.15, -0.1) is 0 Å². The molecule has 0 aromatic heterocycles. The number of hydrogen-bond acceptors (Lipinski definition) is 5. The van der Waals surface area contributed by atoms with E-state index < -0.39 is 15.8 Å². The molecule has 0 unspecified atom stereocenters. The molecule has 0 bridgehead atoms. The fourth-order valence-electron chi connectivity index (χ4n) is 3.33. The lowest BCUT2D eigenvalue weighted by atomic mass is 9.84. The number of hydrogen-bond donors (Lipinski definition) is 1. The summed E-state index contributed by atoms with van der Waals surface area (Å²) in [7, 11) is -4.13. The highest BCUT2D eigenvalue weighted by molar-refractivity contribution is 7.92. The van der Waals surface area contributed by atoms with Gasteiger partial charge in [0.25, 0.3) is 10.0 Å². The van der Waals surface area contributed by atoms with Crippen LogP contribution in [0.15, 0.2) is 71.6 Å². The summed E-state index contributed by atoms with van der Waals surface area (Å²) in [5, 5.41) is 8.73. The molecule has 0 aliphatic heterocycles. The molecule has 0 fully saturated rings. The molecule has 0 atom stereocenters. The highest BCUT2D eigenvalue weighted by Gasteiger charge is 2.34. The van der Waals surface area contributed by atoms with Crippen LogP contribution in [0.25, 0.3) is 0 Å². The smallest absolute Gasteiger partial charge is 0.262 e. The van der Waals surface area contributed by atoms with E-state index in [9.17, 15) is 18.0 Å². The minimum Gasteiger partial charge on any atom is -0.289 e. The number of anilines is 1. The van der Waals surface area contributed by atoms with Crippen LogP contribution in [0, 0.1) is 11.3 Å². The lowest BCUT2D eigenvalue weighted by Crippen LogP contribution is -2.25. The number of rotatable bonds is 4. The van der Waals surface area contributed by atoms with Crippen molar-refractivity contribution in [2.75, 3.05) is 4.72 Å².